The molecule has 0 radical (unpaired) electrons. The Hall–Kier alpha value is -2.55. The van der Waals surface area contributed by atoms with Crippen LogP contribution < -0.4 is 4.90 Å². The van der Waals surface area contributed by atoms with Gasteiger partial charge in [0, 0.05) is 50.3 Å². The SMILES string of the molecule is CN(Cc1ccc(N2CCOCC2)cc1)Cn1nc(-c2ccncc2)n(C)c1=S. The minimum Gasteiger partial charge on any atom is -0.378 e. The Balaban J connectivity index is 1.42. The summed E-state index contributed by atoms with van der Waals surface area (Å²) in [7, 11) is 4.03. The van der Waals surface area contributed by atoms with Gasteiger partial charge in [-0.1, -0.05) is 12.1 Å². The molecule has 1 saturated heterocycles. The average molecular weight is 411 g/mol. The van der Waals surface area contributed by atoms with E-state index in [1.54, 1.807) is 12.4 Å². The second-order valence-electron chi connectivity index (χ2n) is 7.32. The molecule has 8 heteroatoms. The first-order valence-corrected chi connectivity index (χ1v) is 10.2. The van der Waals surface area contributed by atoms with Gasteiger partial charge < -0.3 is 14.2 Å². The summed E-state index contributed by atoms with van der Waals surface area (Å²) in [6.07, 6.45) is 3.54. The van der Waals surface area contributed by atoms with E-state index in [0.29, 0.717) is 11.4 Å². The van der Waals surface area contributed by atoms with Crippen molar-refractivity contribution in [2.45, 2.75) is 13.2 Å². The summed E-state index contributed by atoms with van der Waals surface area (Å²) in [6.45, 7) is 4.97. The molecular formula is C21H26N6OS. The summed E-state index contributed by atoms with van der Waals surface area (Å²) < 4.78 is 9.94. The second kappa shape index (κ2) is 8.86. The van der Waals surface area contributed by atoms with Gasteiger partial charge in [0.25, 0.3) is 0 Å². The van der Waals surface area contributed by atoms with Crippen LogP contribution in [0.2, 0.25) is 0 Å². The van der Waals surface area contributed by atoms with Crippen molar-refractivity contribution in [2.24, 2.45) is 7.05 Å². The fourth-order valence-electron chi connectivity index (χ4n) is 3.56. The Morgan fingerprint density at radius 1 is 1.07 bits per heavy atom. The Morgan fingerprint density at radius 3 is 2.45 bits per heavy atom. The third kappa shape index (κ3) is 4.55. The number of benzene rings is 1. The lowest BCUT2D eigenvalue weighted by Gasteiger charge is -2.29. The van der Waals surface area contributed by atoms with Crippen LogP contribution in [0, 0.1) is 4.77 Å². The van der Waals surface area contributed by atoms with Crippen LogP contribution in [0.4, 0.5) is 5.69 Å². The van der Waals surface area contributed by atoms with Crippen molar-refractivity contribution >= 4 is 17.9 Å². The number of anilines is 1. The van der Waals surface area contributed by atoms with Crippen LogP contribution in [0.5, 0.6) is 0 Å². The molecule has 1 aliphatic rings. The molecule has 0 bridgehead atoms. The molecule has 0 N–H and O–H groups in total. The van der Waals surface area contributed by atoms with E-state index in [4.69, 9.17) is 22.1 Å². The molecule has 7 nitrogen and oxygen atoms in total. The first-order valence-electron chi connectivity index (χ1n) is 9.76. The molecule has 0 aliphatic carbocycles. The van der Waals surface area contributed by atoms with Crippen LogP contribution in [0.25, 0.3) is 11.4 Å². The number of morpholine rings is 1. The molecule has 0 atom stereocenters. The van der Waals surface area contributed by atoms with Gasteiger partial charge in [0.1, 0.15) is 0 Å². The van der Waals surface area contributed by atoms with Crippen molar-refractivity contribution in [1.29, 1.82) is 0 Å². The molecule has 2 aromatic heterocycles. The fraction of sp³-hybridized carbons (Fsp3) is 0.381. The normalized spacial score (nSPS) is 14.5. The summed E-state index contributed by atoms with van der Waals surface area (Å²) in [6, 6.07) is 12.7. The lowest BCUT2D eigenvalue weighted by atomic mass is 10.2. The Bertz CT molecular complexity index is 992. The topological polar surface area (TPSA) is 51.4 Å². The summed E-state index contributed by atoms with van der Waals surface area (Å²) in [4.78, 5) is 8.65. The molecule has 29 heavy (non-hydrogen) atoms. The highest BCUT2D eigenvalue weighted by molar-refractivity contribution is 7.71. The van der Waals surface area contributed by atoms with Crippen LogP contribution >= 0.6 is 12.2 Å². The molecule has 1 aromatic carbocycles. The van der Waals surface area contributed by atoms with Crippen molar-refractivity contribution < 1.29 is 4.74 Å². The van der Waals surface area contributed by atoms with Crippen molar-refractivity contribution in [3.63, 3.8) is 0 Å². The first kappa shape index (κ1) is 19.8. The highest BCUT2D eigenvalue weighted by Crippen LogP contribution is 2.18. The predicted octanol–water partition coefficient (Wildman–Crippen LogP) is 2.94. The third-order valence-electron chi connectivity index (χ3n) is 5.12. The van der Waals surface area contributed by atoms with Crippen LogP contribution in [0.3, 0.4) is 0 Å². The van der Waals surface area contributed by atoms with Gasteiger partial charge in [-0.3, -0.25) is 9.88 Å². The van der Waals surface area contributed by atoms with Crippen LogP contribution in [-0.4, -0.2) is 57.6 Å². The fourth-order valence-corrected chi connectivity index (χ4v) is 3.74. The Labute approximate surface area is 176 Å². The van der Waals surface area contributed by atoms with Gasteiger partial charge in [-0.25, -0.2) is 4.68 Å². The van der Waals surface area contributed by atoms with Gasteiger partial charge in [-0.15, -0.1) is 0 Å². The van der Waals surface area contributed by atoms with E-state index in [2.05, 4.69) is 46.1 Å². The maximum absolute atomic E-state index is 5.59. The maximum atomic E-state index is 5.59. The van der Waals surface area contributed by atoms with Gasteiger partial charge >= 0.3 is 0 Å². The van der Waals surface area contributed by atoms with Gasteiger partial charge in [0.15, 0.2) is 10.6 Å². The van der Waals surface area contributed by atoms with Crippen molar-refractivity contribution in [2.75, 3.05) is 38.3 Å². The van der Waals surface area contributed by atoms with Crippen LogP contribution in [0.15, 0.2) is 48.8 Å². The zero-order chi connectivity index (χ0) is 20.2. The Morgan fingerprint density at radius 2 is 1.76 bits per heavy atom. The van der Waals surface area contributed by atoms with E-state index >= 15 is 0 Å². The van der Waals surface area contributed by atoms with Crippen molar-refractivity contribution in [3.8, 4) is 11.4 Å². The lowest BCUT2D eigenvalue weighted by Crippen LogP contribution is -2.36. The highest BCUT2D eigenvalue weighted by Gasteiger charge is 2.13. The Kier molecular flexibility index (Phi) is 6.03. The number of rotatable bonds is 6. The standard InChI is InChI=1S/C21H26N6OS/c1-24(15-17-3-5-19(6-4-17)26-11-13-28-14-12-26)16-27-21(29)25(2)20(23-27)18-7-9-22-10-8-18/h3-10H,11-16H2,1-2H3. The largest absolute Gasteiger partial charge is 0.378 e. The summed E-state index contributed by atoms with van der Waals surface area (Å²) in [5.41, 5.74) is 3.53. The van der Waals surface area contributed by atoms with Gasteiger partial charge in [0.2, 0.25) is 0 Å². The molecule has 1 fully saturated rings. The summed E-state index contributed by atoms with van der Waals surface area (Å²) in [5.74, 6) is 0.848. The second-order valence-corrected chi connectivity index (χ2v) is 7.69. The van der Waals surface area contributed by atoms with E-state index < -0.39 is 0 Å². The molecule has 3 heterocycles. The molecule has 3 aromatic rings. The molecule has 0 spiro atoms. The van der Waals surface area contributed by atoms with E-state index in [0.717, 1.165) is 44.2 Å². The molecule has 4 rings (SSSR count). The highest BCUT2D eigenvalue weighted by atomic mass is 32.1. The number of pyridine rings is 1. The quantitative estimate of drug-likeness (QED) is 0.583. The van der Waals surface area contributed by atoms with E-state index in [9.17, 15) is 0 Å². The molecule has 152 valence electrons. The maximum Gasteiger partial charge on any atom is 0.199 e. The molecule has 1 aliphatic heterocycles. The molecule has 0 unspecified atom stereocenters. The summed E-state index contributed by atoms with van der Waals surface area (Å²) >= 11 is 5.59. The molecule has 0 amide bonds. The third-order valence-corrected chi connectivity index (χ3v) is 5.60. The van der Waals surface area contributed by atoms with Gasteiger partial charge in [-0.2, -0.15) is 5.10 Å². The predicted molar refractivity (Wildman–Crippen MR) is 116 cm³/mol. The van der Waals surface area contributed by atoms with E-state index in [1.165, 1.54) is 11.3 Å². The monoisotopic (exact) mass is 410 g/mol. The number of hydrogen-bond acceptors (Lipinski definition) is 6. The number of aromatic nitrogens is 4. The van der Waals surface area contributed by atoms with Gasteiger partial charge in [0.05, 0.1) is 19.9 Å². The van der Waals surface area contributed by atoms with E-state index in [1.807, 2.05) is 28.4 Å². The lowest BCUT2D eigenvalue weighted by molar-refractivity contribution is 0.122. The number of nitrogens with zero attached hydrogens (tertiary/aromatic N) is 6. The minimum atomic E-state index is 0.628. The number of ether oxygens (including phenoxy) is 1. The van der Waals surface area contributed by atoms with Gasteiger partial charge in [-0.05, 0) is 49.1 Å². The molecular weight excluding hydrogens is 384 g/mol. The first-order chi connectivity index (χ1) is 14.1. The van der Waals surface area contributed by atoms with Crippen LogP contribution in [-0.2, 0) is 25.0 Å². The minimum absolute atomic E-state index is 0.628. The van der Waals surface area contributed by atoms with Crippen LogP contribution in [0.1, 0.15) is 5.56 Å². The average Bonchev–Trinajstić information content (AvgIpc) is 3.04. The van der Waals surface area contributed by atoms with Crippen molar-refractivity contribution in [3.05, 3.63) is 59.1 Å². The zero-order valence-corrected chi connectivity index (χ0v) is 17.7. The number of hydrogen-bond donors (Lipinski definition) is 0. The zero-order valence-electron chi connectivity index (χ0n) is 16.9. The van der Waals surface area contributed by atoms with Crippen molar-refractivity contribution in [1.82, 2.24) is 24.2 Å². The molecule has 0 saturated carbocycles. The summed E-state index contributed by atoms with van der Waals surface area (Å²) in [5, 5.41) is 4.72. The van der Waals surface area contributed by atoms with E-state index in [-0.39, 0.29) is 0 Å². The smallest absolute Gasteiger partial charge is 0.199 e.